The van der Waals surface area contributed by atoms with Crippen LogP contribution in [0, 0.1) is 11.3 Å². The van der Waals surface area contributed by atoms with Gasteiger partial charge in [0.1, 0.15) is 24.3 Å². The predicted octanol–water partition coefficient (Wildman–Crippen LogP) is 5.21. The van der Waals surface area contributed by atoms with E-state index in [2.05, 4.69) is 11.1 Å². The number of pyridine rings is 1. The van der Waals surface area contributed by atoms with E-state index in [9.17, 15) is 31.2 Å². The standard InChI is InChI=1S/C23H22F4N4O2S/c24-10-15(11-25)30-34(32,33)17-6-7-20(29-13-17)22-19(12-28)18-9-14(23(26)27)5-8-21(18)31(22)16-3-1-2-4-16/h5-9,13,15-16,23,30H,1-4,10-11H2. The van der Waals surface area contributed by atoms with E-state index in [1.807, 2.05) is 9.29 Å². The number of aromatic nitrogens is 2. The summed E-state index contributed by atoms with van der Waals surface area (Å²) in [6, 6.07) is 7.53. The maximum atomic E-state index is 13.3. The Kier molecular flexibility index (Phi) is 6.91. The number of rotatable bonds is 8. The van der Waals surface area contributed by atoms with Gasteiger partial charge in [0.25, 0.3) is 6.43 Å². The molecule has 0 amide bonds. The zero-order valence-electron chi connectivity index (χ0n) is 18.0. The van der Waals surface area contributed by atoms with Crippen molar-refractivity contribution in [2.45, 2.75) is 49.1 Å². The summed E-state index contributed by atoms with van der Waals surface area (Å²) in [5.41, 5.74) is 1.34. The number of halogens is 4. The number of alkyl halides is 4. The van der Waals surface area contributed by atoms with Gasteiger partial charge in [0.2, 0.25) is 10.0 Å². The number of nitrogens with zero attached hydrogens (tertiary/aromatic N) is 3. The minimum absolute atomic E-state index is 0.0405. The molecule has 1 saturated carbocycles. The molecular weight excluding hydrogens is 472 g/mol. The molecule has 4 rings (SSSR count). The van der Waals surface area contributed by atoms with Crippen molar-refractivity contribution >= 4 is 20.9 Å². The maximum Gasteiger partial charge on any atom is 0.263 e. The van der Waals surface area contributed by atoms with Gasteiger partial charge in [-0.1, -0.05) is 18.9 Å². The molecule has 0 saturated heterocycles. The zero-order valence-corrected chi connectivity index (χ0v) is 18.8. The third-order valence-electron chi connectivity index (χ3n) is 6.06. The molecule has 0 bridgehead atoms. The predicted molar refractivity (Wildman–Crippen MR) is 118 cm³/mol. The van der Waals surface area contributed by atoms with Gasteiger partial charge in [0.15, 0.2) is 0 Å². The van der Waals surface area contributed by atoms with Crippen molar-refractivity contribution in [2.75, 3.05) is 13.3 Å². The molecule has 0 unspecified atom stereocenters. The van der Waals surface area contributed by atoms with Crippen molar-refractivity contribution in [3.63, 3.8) is 0 Å². The monoisotopic (exact) mass is 494 g/mol. The number of fused-ring (bicyclic) bond motifs is 1. The lowest BCUT2D eigenvalue weighted by molar-refractivity contribution is 0.151. The van der Waals surface area contributed by atoms with Gasteiger partial charge in [-0.15, -0.1) is 0 Å². The Labute approximate surface area is 194 Å². The van der Waals surface area contributed by atoms with E-state index in [4.69, 9.17) is 0 Å². The third kappa shape index (κ3) is 4.40. The maximum absolute atomic E-state index is 13.3. The molecule has 6 nitrogen and oxygen atoms in total. The largest absolute Gasteiger partial charge is 0.335 e. The molecule has 1 aliphatic carbocycles. The van der Waals surface area contributed by atoms with Crippen LogP contribution in [0.5, 0.6) is 0 Å². The molecule has 2 heterocycles. The first-order valence-corrected chi connectivity index (χ1v) is 12.3. The molecule has 1 aromatic carbocycles. The molecule has 1 fully saturated rings. The van der Waals surface area contributed by atoms with Crippen molar-refractivity contribution in [3.8, 4) is 17.5 Å². The van der Waals surface area contributed by atoms with E-state index >= 15 is 0 Å². The molecule has 1 aliphatic rings. The summed E-state index contributed by atoms with van der Waals surface area (Å²) in [6.45, 7) is -2.40. The van der Waals surface area contributed by atoms with E-state index in [0.29, 0.717) is 22.3 Å². The van der Waals surface area contributed by atoms with Gasteiger partial charge in [-0.25, -0.2) is 30.7 Å². The zero-order chi connectivity index (χ0) is 24.5. The molecule has 0 atom stereocenters. The van der Waals surface area contributed by atoms with Crippen LogP contribution in [-0.2, 0) is 10.0 Å². The van der Waals surface area contributed by atoms with Crippen molar-refractivity contribution in [1.29, 1.82) is 5.26 Å². The lowest BCUT2D eigenvalue weighted by Crippen LogP contribution is -2.37. The molecule has 0 radical (unpaired) electrons. The number of benzene rings is 1. The number of hydrogen-bond donors (Lipinski definition) is 1. The first-order valence-electron chi connectivity index (χ1n) is 10.8. The third-order valence-corrected chi connectivity index (χ3v) is 7.57. The minimum atomic E-state index is -4.21. The molecule has 0 aliphatic heterocycles. The highest BCUT2D eigenvalue weighted by Crippen LogP contribution is 2.41. The van der Waals surface area contributed by atoms with Gasteiger partial charge in [-0.2, -0.15) is 5.26 Å². The Balaban J connectivity index is 1.85. The lowest BCUT2D eigenvalue weighted by Gasteiger charge is -2.18. The molecule has 11 heteroatoms. The Morgan fingerprint density at radius 1 is 1.15 bits per heavy atom. The fraction of sp³-hybridized carbons (Fsp3) is 0.391. The number of sulfonamides is 1. The average molecular weight is 495 g/mol. The van der Waals surface area contributed by atoms with E-state index in [0.717, 1.165) is 31.9 Å². The topological polar surface area (TPSA) is 87.8 Å². The molecule has 0 spiro atoms. The number of hydrogen-bond acceptors (Lipinski definition) is 4. The van der Waals surface area contributed by atoms with Crippen LogP contribution in [0.3, 0.4) is 0 Å². The molecule has 180 valence electrons. The van der Waals surface area contributed by atoms with Crippen molar-refractivity contribution in [1.82, 2.24) is 14.3 Å². The molecular formula is C23H22F4N4O2S. The van der Waals surface area contributed by atoms with Crippen LogP contribution in [0.4, 0.5) is 17.6 Å². The van der Waals surface area contributed by atoms with Crippen molar-refractivity contribution < 1.29 is 26.0 Å². The Morgan fingerprint density at radius 2 is 1.85 bits per heavy atom. The molecule has 1 N–H and O–H groups in total. The van der Waals surface area contributed by atoms with Gasteiger partial charge in [-0.3, -0.25) is 4.98 Å². The van der Waals surface area contributed by atoms with Crippen LogP contribution >= 0.6 is 0 Å². The van der Waals surface area contributed by atoms with Crippen molar-refractivity contribution in [3.05, 3.63) is 47.7 Å². The second-order valence-electron chi connectivity index (χ2n) is 8.23. The summed E-state index contributed by atoms with van der Waals surface area (Å²) in [6.07, 6.45) is 2.03. The second-order valence-corrected chi connectivity index (χ2v) is 9.94. The first-order chi connectivity index (χ1) is 16.3. The fourth-order valence-electron chi connectivity index (χ4n) is 4.45. The van der Waals surface area contributed by atoms with Crippen LogP contribution in [0.25, 0.3) is 22.3 Å². The SMILES string of the molecule is N#Cc1c(-c2ccc(S(=O)(=O)NC(CF)CF)cn2)n(C2CCCC2)c2ccc(C(F)F)cc12. The van der Waals surface area contributed by atoms with Gasteiger partial charge >= 0.3 is 0 Å². The fourth-order valence-corrected chi connectivity index (χ4v) is 5.59. The highest BCUT2D eigenvalue weighted by Gasteiger charge is 2.28. The van der Waals surface area contributed by atoms with E-state index in [1.54, 1.807) is 6.07 Å². The van der Waals surface area contributed by atoms with Gasteiger partial charge in [-0.05, 0) is 37.1 Å². The summed E-state index contributed by atoms with van der Waals surface area (Å²) in [5, 5.41) is 10.3. The van der Waals surface area contributed by atoms with E-state index in [-0.39, 0.29) is 22.1 Å². The van der Waals surface area contributed by atoms with Crippen LogP contribution in [0.2, 0.25) is 0 Å². The summed E-state index contributed by atoms with van der Waals surface area (Å²) >= 11 is 0. The molecule has 2 aromatic heterocycles. The minimum Gasteiger partial charge on any atom is -0.335 e. The van der Waals surface area contributed by atoms with E-state index < -0.39 is 35.8 Å². The first kappa shape index (κ1) is 24.2. The average Bonchev–Trinajstić information content (AvgIpc) is 3.47. The van der Waals surface area contributed by atoms with Gasteiger partial charge in [0.05, 0.1) is 28.5 Å². The van der Waals surface area contributed by atoms with E-state index in [1.165, 1.54) is 24.3 Å². The lowest BCUT2D eigenvalue weighted by atomic mass is 10.1. The Hall–Kier alpha value is -2.97. The second kappa shape index (κ2) is 9.72. The number of nitrogens with one attached hydrogen (secondary N) is 1. The smallest absolute Gasteiger partial charge is 0.263 e. The van der Waals surface area contributed by atoms with Crippen LogP contribution in [0.1, 0.15) is 49.3 Å². The normalized spacial score (nSPS) is 15.0. The van der Waals surface area contributed by atoms with Crippen LogP contribution in [-0.4, -0.2) is 37.4 Å². The highest BCUT2D eigenvalue weighted by atomic mass is 32.2. The molecule has 34 heavy (non-hydrogen) atoms. The van der Waals surface area contributed by atoms with Crippen molar-refractivity contribution in [2.24, 2.45) is 0 Å². The quantitative estimate of drug-likeness (QED) is 0.436. The van der Waals surface area contributed by atoms with Crippen LogP contribution in [0.15, 0.2) is 41.4 Å². The Bertz CT molecular complexity index is 1320. The summed E-state index contributed by atoms with van der Waals surface area (Å²) in [4.78, 5) is 3.95. The summed E-state index contributed by atoms with van der Waals surface area (Å²) < 4.78 is 81.0. The summed E-state index contributed by atoms with van der Waals surface area (Å²) in [7, 11) is -4.21. The van der Waals surface area contributed by atoms with Gasteiger partial charge < -0.3 is 4.57 Å². The van der Waals surface area contributed by atoms with Crippen LogP contribution < -0.4 is 4.72 Å². The Morgan fingerprint density at radius 3 is 2.41 bits per heavy atom. The number of nitriles is 1. The van der Waals surface area contributed by atoms with Gasteiger partial charge in [0, 0.05) is 23.2 Å². The summed E-state index contributed by atoms with van der Waals surface area (Å²) in [5.74, 6) is 0. The molecule has 3 aromatic rings. The highest BCUT2D eigenvalue weighted by molar-refractivity contribution is 7.89.